The van der Waals surface area contributed by atoms with Gasteiger partial charge in [-0.25, -0.2) is 4.79 Å². The third-order valence-corrected chi connectivity index (χ3v) is 2.74. The van der Waals surface area contributed by atoms with Gasteiger partial charge in [-0.05, 0) is 29.5 Å². The summed E-state index contributed by atoms with van der Waals surface area (Å²) in [5.41, 5.74) is 1.92. The first-order valence-electron chi connectivity index (χ1n) is 5.70. The van der Waals surface area contributed by atoms with Crippen LogP contribution < -0.4 is 0 Å². The van der Waals surface area contributed by atoms with Crippen LogP contribution in [0.4, 0.5) is 0 Å². The predicted molar refractivity (Wildman–Crippen MR) is 64.4 cm³/mol. The maximum Gasteiger partial charge on any atom is 0.337 e. The van der Waals surface area contributed by atoms with E-state index in [1.165, 1.54) is 0 Å². The van der Waals surface area contributed by atoms with E-state index in [0.29, 0.717) is 18.4 Å². The van der Waals surface area contributed by atoms with Crippen LogP contribution in [-0.4, -0.2) is 27.3 Å². The molecule has 0 aliphatic carbocycles. The van der Waals surface area contributed by atoms with Gasteiger partial charge in [0.25, 0.3) is 0 Å². The molecular weight excluding hydrogens is 236 g/mol. The molecule has 0 bridgehead atoms. The van der Waals surface area contributed by atoms with E-state index < -0.39 is 18.0 Å². The van der Waals surface area contributed by atoms with Crippen molar-refractivity contribution in [1.29, 1.82) is 0 Å². The summed E-state index contributed by atoms with van der Waals surface area (Å²) in [6, 6.07) is 4.96. The number of hydrogen-bond donors (Lipinski definition) is 3. The van der Waals surface area contributed by atoms with Gasteiger partial charge in [-0.1, -0.05) is 25.1 Å². The minimum Gasteiger partial charge on any atom is -0.481 e. The molecule has 3 N–H and O–H groups in total. The van der Waals surface area contributed by atoms with Gasteiger partial charge in [0.05, 0.1) is 0 Å². The molecule has 0 amide bonds. The second kappa shape index (κ2) is 6.16. The van der Waals surface area contributed by atoms with E-state index in [2.05, 4.69) is 0 Å². The lowest BCUT2D eigenvalue weighted by Crippen LogP contribution is -2.13. The van der Waals surface area contributed by atoms with Crippen LogP contribution in [0.2, 0.25) is 0 Å². The van der Waals surface area contributed by atoms with Crippen molar-refractivity contribution in [2.75, 3.05) is 0 Å². The zero-order chi connectivity index (χ0) is 13.7. The Morgan fingerprint density at radius 1 is 1.28 bits per heavy atom. The zero-order valence-electron chi connectivity index (χ0n) is 10.1. The van der Waals surface area contributed by atoms with E-state index in [9.17, 15) is 14.7 Å². The lowest BCUT2D eigenvalue weighted by molar-refractivity contribution is -0.147. The summed E-state index contributed by atoms with van der Waals surface area (Å²) in [4.78, 5) is 21.2. The lowest BCUT2D eigenvalue weighted by Gasteiger charge is -2.12. The van der Waals surface area contributed by atoms with Gasteiger partial charge >= 0.3 is 11.9 Å². The molecule has 0 aliphatic heterocycles. The van der Waals surface area contributed by atoms with Crippen LogP contribution in [0.3, 0.4) is 0 Å². The van der Waals surface area contributed by atoms with Gasteiger partial charge in [0, 0.05) is 6.42 Å². The standard InChI is InChI=1S/C13H16O5/c1-2-9-7-8(4-6-11(14)15)3-5-10(9)12(16)13(17)18/h3,5,7,12,16H,2,4,6H2,1H3,(H,14,15)(H,17,18). The molecule has 0 saturated carbocycles. The van der Waals surface area contributed by atoms with Gasteiger partial charge in [0.2, 0.25) is 0 Å². The number of hydrogen-bond acceptors (Lipinski definition) is 3. The summed E-state index contributed by atoms with van der Waals surface area (Å²) in [5.74, 6) is -2.16. The van der Waals surface area contributed by atoms with Crippen LogP contribution in [0, 0.1) is 0 Å². The number of aliphatic carboxylic acids is 2. The van der Waals surface area contributed by atoms with Crippen LogP contribution in [0.15, 0.2) is 18.2 Å². The molecule has 0 saturated heterocycles. The Balaban J connectivity index is 2.96. The maximum absolute atomic E-state index is 10.7. The van der Waals surface area contributed by atoms with Gasteiger partial charge in [0.15, 0.2) is 6.10 Å². The summed E-state index contributed by atoms with van der Waals surface area (Å²) in [5, 5.41) is 26.9. The molecule has 1 unspecified atom stereocenters. The highest BCUT2D eigenvalue weighted by atomic mass is 16.4. The first-order chi connectivity index (χ1) is 8.45. The van der Waals surface area contributed by atoms with Crippen molar-refractivity contribution in [3.8, 4) is 0 Å². The van der Waals surface area contributed by atoms with Crippen molar-refractivity contribution < 1.29 is 24.9 Å². The third-order valence-electron chi connectivity index (χ3n) is 2.74. The number of benzene rings is 1. The van der Waals surface area contributed by atoms with Crippen LogP contribution in [0.5, 0.6) is 0 Å². The first kappa shape index (κ1) is 14.2. The molecule has 0 heterocycles. The Morgan fingerprint density at radius 2 is 1.94 bits per heavy atom. The lowest BCUT2D eigenvalue weighted by atomic mass is 9.96. The van der Waals surface area contributed by atoms with Crippen LogP contribution in [-0.2, 0) is 22.4 Å². The van der Waals surface area contributed by atoms with Gasteiger partial charge in [-0.2, -0.15) is 0 Å². The Hall–Kier alpha value is -1.88. The van der Waals surface area contributed by atoms with E-state index in [1.807, 2.05) is 6.92 Å². The molecule has 1 aromatic carbocycles. The second-order valence-electron chi connectivity index (χ2n) is 4.02. The monoisotopic (exact) mass is 252 g/mol. The summed E-state index contributed by atoms with van der Waals surface area (Å²) in [6.07, 6.45) is -0.524. The van der Waals surface area contributed by atoms with E-state index in [1.54, 1.807) is 18.2 Å². The van der Waals surface area contributed by atoms with E-state index >= 15 is 0 Å². The largest absolute Gasteiger partial charge is 0.481 e. The van der Waals surface area contributed by atoms with Crippen molar-refractivity contribution in [1.82, 2.24) is 0 Å². The van der Waals surface area contributed by atoms with Crippen molar-refractivity contribution in [3.05, 3.63) is 34.9 Å². The number of rotatable bonds is 6. The second-order valence-corrected chi connectivity index (χ2v) is 4.02. The minimum absolute atomic E-state index is 0.0317. The molecule has 18 heavy (non-hydrogen) atoms. The molecule has 0 spiro atoms. The molecule has 0 aromatic heterocycles. The maximum atomic E-state index is 10.7. The molecular formula is C13H16O5. The molecule has 98 valence electrons. The smallest absolute Gasteiger partial charge is 0.337 e. The normalized spacial score (nSPS) is 12.1. The van der Waals surface area contributed by atoms with Gasteiger partial charge in [-0.15, -0.1) is 0 Å². The van der Waals surface area contributed by atoms with Gasteiger partial charge < -0.3 is 15.3 Å². The Labute approximate surface area is 105 Å². The average Bonchev–Trinajstić information content (AvgIpc) is 2.34. The van der Waals surface area contributed by atoms with Crippen LogP contribution in [0.25, 0.3) is 0 Å². The molecule has 5 nitrogen and oxygen atoms in total. The average molecular weight is 252 g/mol. The highest BCUT2D eigenvalue weighted by Gasteiger charge is 2.18. The van der Waals surface area contributed by atoms with Crippen molar-refractivity contribution in [3.63, 3.8) is 0 Å². The molecule has 1 aromatic rings. The molecule has 1 atom stereocenters. The number of carboxylic acids is 2. The molecule has 0 fully saturated rings. The Kier molecular flexibility index (Phi) is 4.85. The highest BCUT2D eigenvalue weighted by molar-refractivity contribution is 5.74. The Bertz CT molecular complexity index is 453. The van der Waals surface area contributed by atoms with Crippen LogP contribution in [0.1, 0.15) is 36.1 Å². The van der Waals surface area contributed by atoms with Crippen molar-refractivity contribution in [2.24, 2.45) is 0 Å². The minimum atomic E-state index is -1.53. The SMILES string of the molecule is CCc1cc(CCC(=O)O)ccc1C(O)C(=O)O. The van der Waals surface area contributed by atoms with E-state index in [-0.39, 0.29) is 6.42 Å². The summed E-state index contributed by atoms with van der Waals surface area (Å²) in [6.45, 7) is 1.86. The zero-order valence-corrected chi connectivity index (χ0v) is 10.1. The fourth-order valence-corrected chi connectivity index (χ4v) is 1.77. The molecule has 5 heteroatoms. The first-order valence-corrected chi connectivity index (χ1v) is 5.70. The summed E-state index contributed by atoms with van der Waals surface area (Å²) < 4.78 is 0. The number of aliphatic hydroxyl groups excluding tert-OH is 1. The third kappa shape index (κ3) is 3.56. The fourth-order valence-electron chi connectivity index (χ4n) is 1.77. The molecule has 0 radical (unpaired) electrons. The topological polar surface area (TPSA) is 94.8 Å². The molecule has 0 aliphatic rings. The Morgan fingerprint density at radius 3 is 2.44 bits per heavy atom. The van der Waals surface area contributed by atoms with E-state index in [0.717, 1.165) is 11.1 Å². The number of carboxylic acid groups (broad SMARTS) is 2. The number of aliphatic hydroxyl groups is 1. The van der Waals surface area contributed by atoms with Crippen molar-refractivity contribution in [2.45, 2.75) is 32.3 Å². The predicted octanol–water partition coefficient (Wildman–Crippen LogP) is 1.38. The van der Waals surface area contributed by atoms with Gasteiger partial charge in [0.1, 0.15) is 0 Å². The quantitative estimate of drug-likeness (QED) is 0.711. The summed E-state index contributed by atoms with van der Waals surface area (Å²) >= 11 is 0. The highest BCUT2D eigenvalue weighted by Crippen LogP contribution is 2.21. The molecule has 1 rings (SSSR count). The number of aryl methyl sites for hydroxylation is 2. The van der Waals surface area contributed by atoms with Crippen LogP contribution >= 0.6 is 0 Å². The summed E-state index contributed by atoms with van der Waals surface area (Å²) in [7, 11) is 0. The van der Waals surface area contributed by atoms with Gasteiger partial charge in [-0.3, -0.25) is 4.79 Å². The van der Waals surface area contributed by atoms with E-state index in [4.69, 9.17) is 10.2 Å². The number of carbonyl (C=O) groups is 2. The van der Waals surface area contributed by atoms with Crippen molar-refractivity contribution >= 4 is 11.9 Å². The fraction of sp³-hybridized carbons (Fsp3) is 0.385.